The Morgan fingerprint density at radius 2 is 2.50 bits per heavy atom. The van der Waals surface area contributed by atoms with Crippen molar-refractivity contribution in [2.45, 2.75) is 13.0 Å². The van der Waals surface area contributed by atoms with E-state index in [0.29, 0.717) is 11.6 Å². The number of aromatic nitrogens is 1. The lowest BCUT2D eigenvalue weighted by Gasteiger charge is -2.33. The van der Waals surface area contributed by atoms with Crippen LogP contribution in [0.3, 0.4) is 0 Å². The van der Waals surface area contributed by atoms with E-state index < -0.39 is 0 Å². The lowest BCUT2D eigenvalue weighted by molar-refractivity contribution is 0.482. The minimum atomic E-state index is 0.436. The minimum Gasteiger partial charge on any atom is -0.353 e. The van der Waals surface area contributed by atoms with E-state index in [9.17, 15) is 0 Å². The Kier molecular flexibility index (Phi) is 3.42. The smallest absolute Gasteiger partial charge is 0.146 e. The first kappa shape index (κ1) is 11.4. The third-order valence-electron chi connectivity index (χ3n) is 2.62. The molecule has 1 saturated heterocycles. The molecule has 5 heteroatoms. The molecule has 1 aromatic heterocycles. The SMILES string of the molecule is CC1CN(c2ncc(Br)cc2C#N)CCN1. The number of nitriles is 1. The summed E-state index contributed by atoms with van der Waals surface area (Å²) in [6.07, 6.45) is 1.74. The third kappa shape index (κ3) is 2.34. The average Bonchev–Trinajstić information content (AvgIpc) is 2.28. The zero-order valence-electron chi connectivity index (χ0n) is 9.07. The van der Waals surface area contributed by atoms with E-state index in [-0.39, 0.29) is 0 Å². The molecule has 0 aromatic carbocycles. The first-order valence-corrected chi connectivity index (χ1v) is 6.04. The van der Waals surface area contributed by atoms with Gasteiger partial charge < -0.3 is 10.2 Å². The van der Waals surface area contributed by atoms with Crippen molar-refractivity contribution in [2.75, 3.05) is 24.5 Å². The van der Waals surface area contributed by atoms with Crippen LogP contribution in [0.2, 0.25) is 0 Å². The van der Waals surface area contributed by atoms with Crippen molar-refractivity contribution in [2.24, 2.45) is 0 Å². The van der Waals surface area contributed by atoms with Gasteiger partial charge in [0.15, 0.2) is 0 Å². The lowest BCUT2D eigenvalue weighted by atomic mass is 10.2. The Balaban J connectivity index is 2.29. The predicted molar refractivity (Wildman–Crippen MR) is 66.3 cm³/mol. The zero-order valence-corrected chi connectivity index (χ0v) is 10.7. The van der Waals surface area contributed by atoms with E-state index >= 15 is 0 Å². The first-order chi connectivity index (χ1) is 7.70. The van der Waals surface area contributed by atoms with Crippen molar-refractivity contribution in [3.63, 3.8) is 0 Å². The molecule has 1 aliphatic heterocycles. The van der Waals surface area contributed by atoms with Crippen molar-refractivity contribution >= 4 is 21.7 Å². The Labute approximate surface area is 103 Å². The fourth-order valence-corrected chi connectivity index (χ4v) is 2.22. The Morgan fingerprint density at radius 3 is 3.19 bits per heavy atom. The topological polar surface area (TPSA) is 52.0 Å². The van der Waals surface area contributed by atoms with Crippen molar-refractivity contribution in [3.8, 4) is 6.07 Å². The molecule has 0 amide bonds. The molecule has 1 N–H and O–H groups in total. The van der Waals surface area contributed by atoms with Gasteiger partial charge in [-0.2, -0.15) is 5.26 Å². The van der Waals surface area contributed by atoms with E-state index in [1.54, 1.807) is 6.20 Å². The highest BCUT2D eigenvalue weighted by atomic mass is 79.9. The molecule has 0 aliphatic carbocycles. The molecule has 1 atom stereocenters. The van der Waals surface area contributed by atoms with E-state index in [1.807, 2.05) is 6.07 Å². The van der Waals surface area contributed by atoms with Gasteiger partial charge in [0.25, 0.3) is 0 Å². The molecule has 2 rings (SSSR count). The second-order valence-electron chi connectivity index (χ2n) is 3.94. The number of hydrogen-bond acceptors (Lipinski definition) is 4. The molecule has 0 saturated carbocycles. The zero-order chi connectivity index (χ0) is 11.5. The molecular formula is C11H13BrN4. The summed E-state index contributed by atoms with van der Waals surface area (Å²) in [4.78, 5) is 6.49. The minimum absolute atomic E-state index is 0.436. The van der Waals surface area contributed by atoms with Crippen molar-refractivity contribution < 1.29 is 0 Å². The summed E-state index contributed by atoms with van der Waals surface area (Å²) in [6.45, 7) is 4.86. The molecular weight excluding hydrogens is 268 g/mol. The average molecular weight is 281 g/mol. The van der Waals surface area contributed by atoms with Gasteiger partial charge in [0.05, 0.1) is 5.56 Å². The van der Waals surface area contributed by atoms with Crippen LogP contribution in [0.15, 0.2) is 16.7 Å². The van der Waals surface area contributed by atoms with Crippen molar-refractivity contribution in [1.29, 1.82) is 5.26 Å². The Bertz CT molecular complexity index is 426. The van der Waals surface area contributed by atoms with Crippen LogP contribution in [-0.2, 0) is 0 Å². The molecule has 16 heavy (non-hydrogen) atoms. The number of nitrogens with zero attached hydrogens (tertiary/aromatic N) is 3. The molecule has 0 radical (unpaired) electrons. The summed E-state index contributed by atoms with van der Waals surface area (Å²) in [5.74, 6) is 0.791. The Hall–Kier alpha value is -1.12. The summed E-state index contributed by atoms with van der Waals surface area (Å²) in [5, 5.41) is 12.5. The standard InChI is InChI=1S/C11H13BrN4/c1-8-7-16(3-2-14-8)11-9(5-13)4-10(12)6-15-11/h4,6,8,14H,2-3,7H2,1H3. The summed E-state index contributed by atoms with van der Waals surface area (Å²) in [6, 6.07) is 4.44. The van der Waals surface area contributed by atoms with Gasteiger partial charge >= 0.3 is 0 Å². The normalized spacial score (nSPS) is 20.6. The summed E-state index contributed by atoms with van der Waals surface area (Å²) in [7, 11) is 0. The van der Waals surface area contributed by atoms with E-state index in [4.69, 9.17) is 5.26 Å². The van der Waals surface area contributed by atoms with Crippen LogP contribution in [0.1, 0.15) is 12.5 Å². The second-order valence-corrected chi connectivity index (χ2v) is 4.85. The van der Waals surface area contributed by atoms with Gasteiger partial charge in [-0.15, -0.1) is 0 Å². The van der Waals surface area contributed by atoms with Crippen LogP contribution in [0.5, 0.6) is 0 Å². The lowest BCUT2D eigenvalue weighted by Crippen LogP contribution is -2.49. The van der Waals surface area contributed by atoms with E-state index in [0.717, 1.165) is 29.9 Å². The first-order valence-electron chi connectivity index (χ1n) is 5.24. The van der Waals surface area contributed by atoms with Gasteiger partial charge in [-0.1, -0.05) is 0 Å². The summed E-state index contributed by atoms with van der Waals surface area (Å²) in [5.41, 5.74) is 0.628. The molecule has 4 nitrogen and oxygen atoms in total. The maximum Gasteiger partial charge on any atom is 0.146 e. The van der Waals surface area contributed by atoms with E-state index in [1.165, 1.54) is 0 Å². The fraction of sp³-hybridized carbons (Fsp3) is 0.455. The molecule has 0 spiro atoms. The molecule has 1 aromatic rings. The fourth-order valence-electron chi connectivity index (χ4n) is 1.89. The molecule has 1 aliphatic rings. The van der Waals surface area contributed by atoms with Gasteiger partial charge in [0.2, 0.25) is 0 Å². The number of hydrogen-bond donors (Lipinski definition) is 1. The van der Waals surface area contributed by atoms with Crippen molar-refractivity contribution in [1.82, 2.24) is 10.3 Å². The van der Waals surface area contributed by atoms with Crippen LogP contribution in [0, 0.1) is 11.3 Å². The van der Waals surface area contributed by atoms with Gasteiger partial charge in [-0.25, -0.2) is 4.98 Å². The second kappa shape index (κ2) is 4.81. The molecule has 0 bridgehead atoms. The van der Waals surface area contributed by atoms with Gasteiger partial charge in [-0.05, 0) is 28.9 Å². The number of pyridine rings is 1. The molecule has 2 heterocycles. The van der Waals surface area contributed by atoms with Crippen LogP contribution < -0.4 is 10.2 Å². The number of piperazine rings is 1. The largest absolute Gasteiger partial charge is 0.353 e. The Morgan fingerprint density at radius 1 is 1.69 bits per heavy atom. The van der Waals surface area contributed by atoms with Gasteiger partial charge in [0.1, 0.15) is 11.9 Å². The van der Waals surface area contributed by atoms with Crippen molar-refractivity contribution in [3.05, 3.63) is 22.3 Å². The number of nitrogens with one attached hydrogen (secondary N) is 1. The highest BCUT2D eigenvalue weighted by molar-refractivity contribution is 9.10. The number of anilines is 1. The predicted octanol–water partition coefficient (Wildman–Crippen LogP) is 1.51. The van der Waals surface area contributed by atoms with Crippen LogP contribution in [0.4, 0.5) is 5.82 Å². The quantitative estimate of drug-likeness (QED) is 0.848. The van der Waals surface area contributed by atoms with E-state index in [2.05, 4.69) is 44.1 Å². The summed E-state index contributed by atoms with van der Waals surface area (Å²) >= 11 is 3.33. The molecule has 84 valence electrons. The van der Waals surface area contributed by atoms with Gasteiger partial charge in [-0.3, -0.25) is 0 Å². The monoisotopic (exact) mass is 280 g/mol. The summed E-state index contributed by atoms with van der Waals surface area (Å²) < 4.78 is 0.844. The third-order valence-corrected chi connectivity index (χ3v) is 3.06. The molecule has 1 unspecified atom stereocenters. The maximum atomic E-state index is 9.09. The number of rotatable bonds is 1. The van der Waals surface area contributed by atoms with Crippen LogP contribution >= 0.6 is 15.9 Å². The highest BCUT2D eigenvalue weighted by Crippen LogP contribution is 2.21. The van der Waals surface area contributed by atoms with Gasteiger partial charge in [0, 0.05) is 36.3 Å². The highest BCUT2D eigenvalue weighted by Gasteiger charge is 2.19. The maximum absolute atomic E-state index is 9.09. The van der Waals surface area contributed by atoms with Crippen LogP contribution in [-0.4, -0.2) is 30.7 Å². The van der Waals surface area contributed by atoms with Crippen LogP contribution in [0.25, 0.3) is 0 Å². The molecule has 1 fully saturated rings. The number of halogens is 1.